The maximum Gasteiger partial charge on any atom is 0.357 e. The highest BCUT2D eigenvalue weighted by Crippen LogP contribution is 2.59. The highest BCUT2D eigenvalue weighted by molar-refractivity contribution is 7.13. The molecule has 0 radical (unpaired) electrons. The number of methoxy groups -OCH3 is 1. The third kappa shape index (κ3) is 4.87. The molecule has 2 aromatic carbocycles. The van der Waals surface area contributed by atoms with Crippen LogP contribution in [-0.2, 0) is 26.2 Å². The molecule has 1 spiro atoms. The number of ether oxygens (including phenoxy) is 2. The van der Waals surface area contributed by atoms with Crippen LogP contribution in [0.4, 0.5) is 5.69 Å². The second-order valence-electron chi connectivity index (χ2n) is 12.8. The number of hydrogen-bond donors (Lipinski definition) is 4. The summed E-state index contributed by atoms with van der Waals surface area (Å²) >= 11 is 1.23. The second-order valence-corrected chi connectivity index (χ2v) is 13.6. The molecule has 4 N–H and O–H groups in total. The third-order valence-electron chi connectivity index (χ3n) is 9.05. The molecule has 244 valence electrons. The van der Waals surface area contributed by atoms with Crippen molar-refractivity contribution in [2.45, 2.75) is 63.9 Å². The van der Waals surface area contributed by atoms with Crippen molar-refractivity contribution in [1.29, 1.82) is 0 Å². The van der Waals surface area contributed by atoms with Gasteiger partial charge < -0.3 is 34.9 Å². The predicted octanol–water partition coefficient (Wildman–Crippen LogP) is 3.93. The number of carbonyl (C=O) groups is 3. The van der Waals surface area contributed by atoms with Gasteiger partial charge in [0.25, 0.3) is 0 Å². The van der Waals surface area contributed by atoms with Crippen molar-refractivity contribution < 1.29 is 33.4 Å². The van der Waals surface area contributed by atoms with E-state index in [1.54, 1.807) is 19.2 Å². The lowest BCUT2D eigenvalue weighted by Crippen LogP contribution is -2.52. The van der Waals surface area contributed by atoms with Gasteiger partial charge in [-0.05, 0) is 35.1 Å². The van der Waals surface area contributed by atoms with E-state index in [1.807, 2.05) is 56.3 Å². The van der Waals surface area contributed by atoms with E-state index in [9.17, 15) is 19.5 Å². The van der Waals surface area contributed by atoms with E-state index in [4.69, 9.17) is 18.9 Å². The SMILES string of the molecule is COC(=O)c1csc(-c2nc3oc2C24c5ccccc5NC2Oc2ccc(cc24)C[C@H](NC(=O)[C@@H](O)C(C)C)C(=O)N[C@@H]3C(C)C)n1. The van der Waals surface area contributed by atoms with Crippen molar-refractivity contribution in [2.24, 2.45) is 11.8 Å². The van der Waals surface area contributed by atoms with Gasteiger partial charge in [0.15, 0.2) is 17.7 Å². The van der Waals surface area contributed by atoms with Gasteiger partial charge in [0, 0.05) is 23.1 Å². The van der Waals surface area contributed by atoms with Crippen LogP contribution in [0.2, 0.25) is 0 Å². The largest absolute Gasteiger partial charge is 0.469 e. The number of benzene rings is 2. The molecule has 2 unspecified atom stereocenters. The Hall–Kier alpha value is -4.75. The van der Waals surface area contributed by atoms with E-state index in [1.165, 1.54) is 18.4 Å². The third-order valence-corrected chi connectivity index (χ3v) is 9.90. The number of nitrogens with one attached hydrogen (secondary N) is 3. The van der Waals surface area contributed by atoms with Gasteiger partial charge in [-0.2, -0.15) is 0 Å². The Kier molecular flexibility index (Phi) is 7.55. The minimum atomic E-state index is -1.28. The summed E-state index contributed by atoms with van der Waals surface area (Å²) in [5, 5.41) is 21.9. The van der Waals surface area contributed by atoms with Crippen LogP contribution in [0.3, 0.4) is 0 Å². The van der Waals surface area contributed by atoms with E-state index in [0.29, 0.717) is 22.2 Å². The summed E-state index contributed by atoms with van der Waals surface area (Å²) in [6.07, 6.45) is -1.74. The number of nitrogens with zero attached hydrogens (tertiary/aromatic N) is 2. The zero-order valence-electron chi connectivity index (χ0n) is 26.5. The number of fused-ring (bicyclic) bond motifs is 4. The van der Waals surface area contributed by atoms with Crippen LogP contribution in [0.15, 0.2) is 52.3 Å². The maximum absolute atomic E-state index is 14.0. The maximum atomic E-state index is 14.0. The van der Waals surface area contributed by atoms with Crippen molar-refractivity contribution in [3.05, 3.63) is 81.9 Å². The molecule has 0 fully saturated rings. The fourth-order valence-electron chi connectivity index (χ4n) is 6.59. The first-order valence-corrected chi connectivity index (χ1v) is 16.4. The summed E-state index contributed by atoms with van der Waals surface area (Å²) in [5.74, 6) is -0.859. The van der Waals surface area contributed by atoms with E-state index in [2.05, 4.69) is 20.9 Å². The first kappa shape index (κ1) is 30.9. The zero-order chi connectivity index (χ0) is 33.2. The van der Waals surface area contributed by atoms with E-state index in [-0.39, 0.29) is 29.8 Å². The lowest BCUT2D eigenvalue weighted by atomic mass is 9.72. The number of aliphatic hydroxyl groups excluding tert-OH is 1. The molecule has 7 rings (SSSR count). The minimum Gasteiger partial charge on any atom is -0.469 e. The number of hydrogen-bond acceptors (Lipinski definition) is 11. The summed E-state index contributed by atoms with van der Waals surface area (Å²) in [6.45, 7) is 7.33. The van der Waals surface area contributed by atoms with Crippen molar-refractivity contribution in [1.82, 2.24) is 20.6 Å². The van der Waals surface area contributed by atoms with Crippen LogP contribution >= 0.6 is 11.3 Å². The molecule has 2 amide bonds. The average molecular weight is 658 g/mol. The monoisotopic (exact) mass is 657 g/mol. The van der Waals surface area contributed by atoms with Crippen LogP contribution in [0.1, 0.15) is 72.6 Å². The van der Waals surface area contributed by atoms with Crippen molar-refractivity contribution >= 4 is 34.8 Å². The molecular formula is C34H35N5O7S. The van der Waals surface area contributed by atoms with Crippen molar-refractivity contribution in [3.63, 3.8) is 0 Å². The lowest BCUT2D eigenvalue weighted by Gasteiger charge is -2.29. The Bertz CT molecular complexity index is 1900. The fraction of sp³-hybridized carbons (Fsp3) is 0.382. The van der Waals surface area contributed by atoms with Crippen LogP contribution in [0.25, 0.3) is 10.7 Å². The first-order valence-electron chi connectivity index (χ1n) is 15.5. The topological polar surface area (TPSA) is 165 Å². The predicted molar refractivity (Wildman–Crippen MR) is 172 cm³/mol. The zero-order valence-corrected chi connectivity index (χ0v) is 27.3. The summed E-state index contributed by atoms with van der Waals surface area (Å²) < 4.78 is 18.3. The molecule has 3 aliphatic rings. The Labute approximate surface area is 274 Å². The van der Waals surface area contributed by atoms with E-state index < -0.39 is 47.6 Å². The van der Waals surface area contributed by atoms with Crippen LogP contribution in [0.5, 0.6) is 5.75 Å². The molecule has 0 aliphatic carbocycles. The van der Waals surface area contributed by atoms with Crippen molar-refractivity contribution in [2.75, 3.05) is 12.4 Å². The average Bonchev–Trinajstić information content (AvgIpc) is 3.83. The number of aromatic nitrogens is 2. The molecule has 12 nitrogen and oxygen atoms in total. The van der Waals surface area contributed by atoms with Gasteiger partial charge in [0.2, 0.25) is 17.7 Å². The van der Waals surface area contributed by atoms with Gasteiger partial charge in [0.05, 0.1) is 7.11 Å². The quantitative estimate of drug-likeness (QED) is 0.223. The van der Waals surface area contributed by atoms with Gasteiger partial charge in [0.1, 0.15) is 40.1 Å². The minimum absolute atomic E-state index is 0.140. The Morgan fingerprint density at radius 3 is 2.64 bits per heavy atom. The smallest absolute Gasteiger partial charge is 0.357 e. The normalized spacial score (nSPS) is 23.1. The number of esters is 1. The summed E-state index contributed by atoms with van der Waals surface area (Å²) in [6, 6.07) is 11.9. The molecule has 3 aliphatic heterocycles. The number of carbonyl (C=O) groups excluding carboxylic acids is 3. The molecule has 4 aromatic rings. The molecule has 5 atom stereocenters. The molecule has 0 saturated heterocycles. The molecule has 4 bridgehead atoms. The molecule has 5 heterocycles. The molecule has 13 heteroatoms. The molecule has 2 aromatic heterocycles. The summed E-state index contributed by atoms with van der Waals surface area (Å²) in [4.78, 5) is 49.0. The number of rotatable bonds is 6. The van der Waals surface area contributed by atoms with Gasteiger partial charge in [-0.15, -0.1) is 11.3 Å². The standard InChI is InChI=1S/C34H35N5O7S/c1-15(2)24-30-39-25(31-36-22(14-47-31)32(43)44-5)27(46-30)34-18-8-6-7-9-20(18)37-33(34)45-23-11-10-17(12-19(23)34)13-21(28(41)38-24)35-29(42)26(40)16(3)4/h6-12,14-16,21,24,26,33,37,40H,13H2,1-5H3,(H,35,42)(H,38,41)/t21-,24+,26-,33?,34?/m0/s1. The van der Waals surface area contributed by atoms with Crippen LogP contribution in [0, 0.1) is 11.8 Å². The number of oxazole rings is 1. The highest BCUT2D eigenvalue weighted by Gasteiger charge is 2.61. The summed E-state index contributed by atoms with van der Waals surface area (Å²) in [7, 11) is 1.30. The van der Waals surface area contributed by atoms with E-state index in [0.717, 1.165) is 22.4 Å². The van der Waals surface area contributed by atoms with Gasteiger partial charge >= 0.3 is 5.97 Å². The lowest BCUT2D eigenvalue weighted by molar-refractivity contribution is -0.135. The molecule has 0 saturated carbocycles. The molecular weight excluding hydrogens is 622 g/mol. The first-order chi connectivity index (χ1) is 22.5. The van der Waals surface area contributed by atoms with Gasteiger partial charge in [-0.1, -0.05) is 58.0 Å². The number of thiazole rings is 1. The van der Waals surface area contributed by atoms with E-state index >= 15 is 0 Å². The Morgan fingerprint density at radius 1 is 1.11 bits per heavy atom. The number of amides is 2. The van der Waals surface area contributed by atoms with Gasteiger partial charge in [-0.3, -0.25) is 9.59 Å². The fourth-order valence-corrected chi connectivity index (χ4v) is 7.36. The molecule has 47 heavy (non-hydrogen) atoms. The number of aliphatic hydroxyl groups is 1. The number of para-hydroxylation sites is 1. The van der Waals surface area contributed by atoms with Gasteiger partial charge in [-0.25, -0.2) is 14.8 Å². The van der Waals surface area contributed by atoms with Crippen molar-refractivity contribution in [3.8, 4) is 16.5 Å². The van der Waals surface area contributed by atoms with Crippen LogP contribution < -0.4 is 20.7 Å². The van der Waals surface area contributed by atoms with Crippen LogP contribution in [-0.4, -0.2) is 58.3 Å². The second kappa shape index (κ2) is 11.5. The Morgan fingerprint density at radius 2 is 1.89 bits per heavy atom. The highest BCUT2D eigenvalue weighted by atomic mass is 32.1. The number of anilines is 1. The Balaban J connectivity index is 1.48. The summed E-state index contributed by atoms with van der Waals surface area (Å²) in [5.41, 5.74) is 2.84.